The molecule has 0 spiro atoms. The molecule has 1 aromatic carbocycles. The SMILES string of the molecule is CC.CCOC(=O)c1ccc(OC)c(OCc2nc(C)c(C)nc2C)c1. The van der Waals surface area contributed by atoms with Gasteiger partial charge in [0, 0.05) is 0 Å². The van der Waals surface area contributed by atoms with Crippen molar-refractivity contribution in [3.8, 4) is 11.5 Å². The number of carbonyl (C=O) groups is 1. The van der Waals surface area contributed by atoms with Crippen LogP contribution in [0.1, 0.15) is 53.9 Å². The topological polar surface area (TPSA) is 70.5 Å². The summed E-state index contributed by atoms with van der Waals surface area (Å²) in [5, 5.41) is 0. The van der Waals surface area contributed by atoms with Crippen molar-refractivity contribution in [2.24, 2.45) is 0 Å². The molecule has 6 nitrogen and oxygen atoms in total. The van der Waals surface area contributed by atoms with E-state index in [1.165, 1.54) is 0 Å². The predicted octanol–water partition coefficient (Wildman–Crippen LogP) is 4.19. The second kappa shape index (κ2) is 10.4. The van der Waals surface area contributed by atoms with E-state index in [1.54, 1.807) is 32.2 Å². The summed E-state index contributed by atoms with van der Waals surface area (Å²) in [4.78, 5) is 20.8. The van der Waals surface area contributed by atoms with Gasteiger partial charge in [0.1, 0.15) is 6.61 Å². The molecule has 0 aliphatic carbocycles. The molecule has 0 unspecified atom stereocenters. The van der Waals surface area contributed by atoms with Crippen LogP contribution < -0.4 is 9.47 Å². The normalized spacial score (nSPS) is 9.81. The number of methoxy groups -OCH3 is 1. The molecule has 0 fully saturated rings. The van der Waals surface area contributed by atoms with E-state index < -0.39 is 5.97 Å². The maximum absolute atomic E-state index is 11.9. The highest BCUT2D eigenvalue weighted by atomic mass is 16.5. The zero-order valence-corrected chi connectivity index (χ0v) is 16.7. The molecular formula is C20H28N2O4. The minimum absolute atomic E-state index is 0.239. The smallest absolute Gasteiger partial charge is 0.338 e. The summed E-state index contributed by atoms with van der Waals surface area (Å²) in [7, 11) is 1.55. The number of hydrogen-bond donors (Lipinski definition) is 0. The van der Waals surface area contributed by atoms with Crippen molar-refractivity contribution in [1.29, 1.82) is 0 Å². The van der Waals surface area contributed by atoms with Crippen molar-refractivity contribution in [3.05, 3.63) is 46.5 Å². The van der Waals surface area contributed by atoms with Crippen LogP contribution in [-0.2, 0) is 11.3 Å². The number of benzene rings is 1. The molecule has 1 aromatic heterocycles. The van der Waals surface area contributed by atoms with Gasteiger partial charge in [-0.15, -0.1) is 0 Å². The van der Waals surface area contributed by atoms with Crippen molar-refractivity contribution in [2.45, 2.75) is 48.1 Å². The van der Waals surface area contributed by atoms with Crippen LogP contribution in [0.15, 0.2) is 18.2 Å². The van der Waals surface area contributed by atoms with E-state index in [2.05, 4.69) is 9.97 Å². The van der Waals surface area contributed by atoms with Crippen LogP contribution in [0.3, 0.4) is 0 Å². The van der Waals surface area contributed by atoms with Gasteiger partial charge in [0.25, 0.3) is 0 Å². The largest absolute Gasteiger partial charge is 0.493 e. The van der Waals surface area contributed by atoms with Crippen molar-refractivity contribution in [2.75, 3.05) is 13.7 Å². The fourth-order valence-electron chi connectivity index (χ4n) is 2.17. The number of aromatic nitrogens is 2. The first kappa shape index (κ1) is 21.4. The Bertz CT molecular complexity index is 745. The van der Waals surface area contributed by atoms with E-state index in [1.807, 2.05) is 34.6 Å². The van der Waals surface area contributed by atoms with Crippen molar-refractivity contribution in [3.63, 3.8) is 0 Å². The molecule has 0 aliphatic rings. The highest BCUT2D eigenvalue weighted by molar-refractivity contribution is 5.90. The van der Waals surface area contributed by atoms with Gasteiger partial charge in [-0.25, -0.2) is 4.79 Å². The molecule has 6 heteroatoms. The van der Waals surface area contributed by atoms with Gasteiger partial charge in [-0.1, -0.05) is 13.8 Å². The maximum atomic E-state index is 11.9. The van der Waals surface area contributed by atoms with E-state index >= 15 is 0 Å². The summed E-state index contributed by atoms with van der Waals surface area (Å²) in [5.41, 5.74) is 3.75. The molecule has 1 heterocycles. The highest BCUT2D eigenvalue weighted by Crippen LogP contribution is 2.29. The highest BCUT2D eigenvalue weighted by Gasteiger charge is 2.13. The lowest BCUT2D eigenvalue weighted by molar-refractivity contribution is 0.0525. The molecule has 0 atom stereocenters. The fourth-order valence-corrected chi connectivity index (χ4v) is 2.17. The lowest BCUT2D eigenvalue weighted by Crippen LogP contribution is -2.08. The number of carbonyl (C=O) groups excluding carboxylic acids is 1. The Morgan fingerprint density at radius 2 is 1.65 bits per heavy atom. The second-order valence-corrected chi connectivity index (χ2v) is 5.30. The lowest BCUT2D eigenvalue weighted by atomic mass is 10.2. The van der Waals surface area contributed by atoms with Gasteiger partial charge in [-0.2, -0.15) is 0 Å². The summed E-state index contributed by atoms with van der Waals surface area (Å²) in [5.74, 6) is 0.604. The Balaban J connectivity index is 0.00000163. The van der Waals surface area contributed by atoms with Gasteiger partial charge >= 0.3 is 5.97 Å². The van der Waals surface area contributed by atoms with Crippen LogP contribution in [0.4, 0.5) is 0 Å². The number of hydrogen-bond acceptors (Lipinski definition) is 6. The lowest BCUT2D eigenvalue weighted by Gasteiger charge is -2.13. The third kappa shape index (κ3) is 5.44. The van der Waals surface area contributed by atoms with Crippen LogP contribution in [0, 0.1) is 20.8 Å². The van der Waals surface area contributed by atoms with Crippen LogP contribution >= 0.6 is 0 Å². The van der Waals surface area contributed by atoms with Gasteiger partial charge in [0.2, 0.25) is 0 Å². The van der Waals surface area contributed by atoms with Gasteiger partial charge in [-0.3, -0.25) is 9.97 Å². The van der Waals surface area contributed by atoms with E-state index in [0.29, 0.717) is 23.7 Å². The van der Waals surface area contributed by atoms with Crippen LogP contribution in [-0.4, -0.2) is 29.7 Å². The van der Waals surface area contributed by atoms with Gasteiger partial charge in [0.15, 0.2) is 11.5 Å². The molecular weight excluding hydrogens is 332 g/mol. The molecule has 0 amide bonds. The first-order chi connectivity index (χ1) is 12.5. The summed E-state index contributed by atoms with van der Waals surface area (Å²) < 4.78 is 16.1. The molecule has 0 saturated carbocycles. The molecule has 0 N–H and O–H groups in total. The molecule has 2 aromatic rings. The standard InChI is InChI=1S/C18H22N2O4.C2H6/c1-6-23-18(21)14-7-8-16(22-5)17(9-14)24-10-15-13(4)19-11(2)12(3)20-15;1-2/h7-9H,6,10H2,1-5H3;1-2H3. The number of nitrogens with zero attached hydrogens (tertiary/aromatic N) is 2. The van der Waals surface area contributed by atoms with Crippen LogP contribution in [0.2, 0.25) is 0 Å². The van der Waals surface area contributed by atoms with Gasteiger partial charge < -0.3 is 14.2 Å². The molecule has 2 rings (SSSR count). The van der Waals surface area contributed by atoms with E-state index in [4.69, 9.17) is 14.2 Å². The Labute approximate surface area is 155 Å². The van der Waals surface area contributed by atoms with E-state index in [9.17, 15) is 4.79 Å². The third-order valence-electron chi connectivity index (χ3n) is 3.62. The average molecular weight is 360 g/mol. The first-order valence-corrected chi connectivity index (χ1v) is 8.75. The van der Waals surface area contributed by atoms with Gasteiger partial charge in [-0.05, 0) is 45.9 Å². The number of aryl methyl sites for hydroxylation is 3. The van der Waals surface area contributed by atoms with Crippen LogP contribution in [0.25, 0.3) is 0 Å². The van der Waals surface area contributed by atoms with E-state index in [0.717, 1.165) is 22.8 Å². The molecule has 0 bridgehead atoms. The number of ether oxygens (including phenoxy) is 3. The summed E-state index contributed by atoms with van der Waals surface area (Å²) in [6, 6.07) is 4.94. The number of rotatable bonds is 6. The third-order valence-corrected chi connectivity index (χ3v) is 3.62. The zero-order valence-electron chi connectivity index (χ0n) is 16.7. The Morgan fingerprint density at radius 1 is 1.00 bits per heavy atom. The first-order valence-electron chi connectivity index (χ1n) is 8.75. The monoisotopic (exact) mass is 360 g/mol. The molecule has 0 aliphatic heterocycles. The summed E-state index contributed by atoms with van der Waals surface area (Å²) in [6.07, 6.45) is 0. The fraction of sp³-hybridized carbons (Fsp3) is 0.450. The van der Waals surface area contributed by atoms with Crippen LogP contribution in [0.5, 0.6) is 11.5 Å². The quantitative estimate of drug-likeness (QED) is 0.719. The maximum Gasteiger partial charge on any atom is 0.338 e. The zero-order chi connectivity index (χ0) is 19.7. The van der Waals surface area contributed by atoms with Gasteiger partial charge in [0.05, 0.1) is 42.1 Å². The molecule has 0 saturated heterocycles. The minimum Gasteiger partial charge on any atom is -0.493 e. The summed E-state index contributed by atoms with van der Waals surface area (Å²) >= 11 is 0. The molecule has 142 valence electrons. The van der Waals surface area contributed by atoms with Crippen molar-refractivity contribution < 1.29 is 19.0 Å². The van der Waals surface area contributed by atoms with E-state index in [-0.39, 0.29) is 6.61 Å². The Morgan fingerprint density at radius 3 is 2.27 bits per heavy atom. The average Bonchev–Trinajstić information content (AvgIpc) is 2.65. The predicted molar refractivity (Wildman–Crippen MR) is 101 cm³/mol. The van der Waals surface area contributed by atoms with Crippen molar-refractivity contribution in [1.82, 2.24) is 9.97 Å². The number of esters is 1. The molecule has 26 heavy (non-hydrogen) atoms. The summed E-state index contributed by atoms with van der Waals surface area (Å²) in [6.45, 7) is 12.0. The molecule has 0 radical (unpaired) electrons. The Hall–Kier alpha value is -2.63. The second-order valence-electron chi connectivity index (χ2n) is 5.30. The Kier molecular flexibility index (Phi) is 8.55. The van der Waals surface area contributed by atoms with Crippen molar-refractivity contribution >= 4 is 5.97 Å². The minimum atomic E-state index is -0.396.